The number of aromatic nitrogens is 1. The number of unbranched alkanes of at least 4 members (excludes halogenated alkanes) is 6. The lowest BCUT2D eigenvalue weighted by molar-refractivity contribution is -0.697. The first kappa shape index (κ1) is 13.6. The number of hydrogen-bond donors (Lipinski definition) is 1. The second-order valence-electron chi connectivity index (χ2n) is 4.42. The lowest BCUT2D eigenvalue weighted by atomic mass is 10.1. The maximum atomic E-state index is 4.28. The van der Waals surface area contributed by atoms with E-state index >= 15 is 0 Å². The Labute approximate surface area is 105 Å². The highest BCUT2D eigenvalue weighted by molar-refractivity contribution is 7.80. The lowest BCUT2D eigenvalue weighted by Gasteiger charge is -1.99. The Morgan fingerprint density at radius 1 is 0.938 bits per heavy atom. The van der Waals surface area contributed by atoms with Crippen LogP contribution in [0.2, 0.25) is 0 Å². The predicted octanol–water partition coefficient (Wildman–Crippen LogP) is 4.01. The summed E-state index contributed by atoms with van der Waals surface area (Å²) in [7, 11) is 0. The zero-order chi connectivity index (χ0) is 11.6. The molecule has 0 saturated carbocycles. The van der Waals surface area contributed by atoms with E-state index in [4.69, 9.17) is 0 Å². The van der Waals surface area contributed by atoms with E-state index < -0.39 is 0 Å². The van der Waals surface area contributed by atoms with Gasteiger partial charge in [-0.1, -0.05) is 39.0 Å². The molecule has 0 radical (unpaired) electrons. The molecule has 0 spiro atoms. The second-order valence-corrected chi connectivity index (χ2v) is 4.93. The highest BCUT2D eigenvalue weighted by atomic mass is 32.1. The maximum Gasteiger partial charge on any atom is 0.169 e. The highest BCUT2D eigenvalue weighted by Crippen LogP contribution is 2.06. The van der Waals surface area contributed by atoms with Crippen LogP contribution >= 0.6 is 12.6 Å². The molecule has 0 aliphatic carbocycles. The van der Waals surface area contributed by atoms with Crippen molar-refractivity contribution in [3.05, 3.63) is 24.5 Å². The van der Waals surface area contributed by atoms with Crippen LogP contribution in [0.15, 0.2) is 29.4 Å². The molecule has 1 aromatic heterocycles. The molecule has 90 valence electrons. The van der Waals surface area contributed by atoms with Gasteiger partial charge in [-0.15, -0.1) is 12.6 Å². The van der Waals surface area contributed by atoms with Gasteiger partial charge in [0.15, 0.2) is 12.4 Å². The van der Waals surface area contributed by atoms with Crippen molar-refractivity contribution in [3.63, 3.8) is 0 Å². The molecule has 1 rings (SSSR count). The minimum absolute atomic E-state index is 1.04. The summed E-state index contributed by atoms with van der Waals surface area (Å²) in [4.78, 5) is 1.04. The highest BCUT2D eigenvalue weighted by Gasteiger charge is 1.99. The van der Waals surface area contributed by atoms with Gasteiger partial charge in [0.2, 0.25) is 0 Å². The topological polar surface area (TPSA) is 3.88 Å². The van der Waals surface area contributed by atoms with E-state index in [1.165, 1.54) is 44.9 Å². The van der Waals surface area contributed by atoms with Gasteiger partial charge in [-0.3, -0.25) is 0 Å². The van der Waals surface area contributed by atoms with Crippen LogP contribution in [0.4, 0.5) is 0 Å². The Morgan fingerprint density at radius 2 is 1.50 bits per heavy atom. The molecule has 2 heteroatoms. The van der Waals surface area contributed by atoms with E-state index in [9.17, 15) is 0 Å². The van der Waals surface area contributed by atoms with Gasteiger partial charge in [-0.05, 0) is 6.42 Å². The van der Waals surface area contributed by atoms with Crippen molar-refractivity contribution in [2.75, 3.05) is 0 Å². The third-order valence-electron chi connectivity index (χ3n) is 2.89. The quantitative estimate of drug-likeness (QED) is 0.396. The molecule has 0 unspecified atom stereocenters. The van der Waals surface area contributed by atoms with Gasteiger partial charge in [-0.2, -0.15) is 0 Å². The molecule has 0 atom stereocenters. The largest absolute Gasteiger partial charge is 0.205 e. The van der Waals surface area contributed by atoms with Crippen molar-refractivity contribution >= 4 is 12.6 Å². The Morgan fingerprint density at radius 3 is 2.12 bits per heavy atom. The summed E-state index contributed by atoms with van der Waals surface area (Å²) in [5.74, 6) is 0. The normalized spacial score (nSPS) is 10.6. The fourth-order valence-electron chi connectivity index (χ4n) is 1.85. The summed E-state index contributed by atoms with van der Waals surface area (Å²) in [6, 6.07) is 4.09. The van der Waals surface area contributed by atoms with Crippen LogP contribution in [0.5, 0.6) is 0 Å². The number of nitrogens with zero attached hydrogens (tertiary/aromatic N) is 1. The number of aryl methyl sites for hydroxylation is 1. The third-order valence-corrected chi connectivity index (χ3v) is 3.19. The van der Waals surface area contributed by atoms with E-state index in [1.807, 2.05) is 12.1 Å². The van der Waals surface area contributed by atoms with Crippen molar-refractivity contribution in [1.82, 2.24) is 0 Å². The number of rotatable bonds is 8. The molecule has 16 heavy (non-hydrogen) atoms. The van der Waals surface area contributed by atoms with Crippen LogP contribution in [0.1, 0.15) is 51.9 Å². The smallest absolute Gasteiger partial charge is 0.169 e. The molecule has 0 fully saturated rings. The molecule has 0 aromatic carbocycles. The number of thiol groups is 1. The number of pyridine rings is 1. The van der Waals surface area contributed by atoms with Crippen molar-refractivity contribution in [2.45, 2.75) is 63.3 Å². The van der Waals surface area contributed by atoms with Crippen LogP contribution in [-0.2, 0) is 6.54 Å². The predicted molar refractivity (Wildman–Crippen MR) is 71.9 cm³/mol. The Kier molecular flexibility index (Phi) is 7.32. The summed E-state index contributed by atoms with van der Waals surface area (Å²) in [6.45, 7) is 3.41. The average Bonchev–Trinajstić information content (AvgIpc) is 2.30. The van der Waals surface area contributed by atoms with E-state index in [2.05, 4.69) is 36.5 Å². The molecule has 0 saturated heterocycles. The van der Waals surface area contributed by atoms with Gasteiger partial charge in [0.1, 0.15) is 6.54 Å². The van der Waals surface area contributed by atoms with Gasteiger partial charge in [0, 0.05) is 23.4 Å². The van der Waals surface area contributed by atoms with Gasteiger partial charge in [0.25, 0.3) is 0 Å². The van der Waals surface area contributed by atoms with Crippen molar-refractivity contribution in [2.24, 2.45) is 0 Å². The molecule has 0 bridgehead atoms. The third kappa shape index (κ3) is 6.16. The Hall–Kier alpha value is -0.500. The van der Waals surface area contributed by atoms with Crippen LogP contribution in [-0.4, -0.2) is 0 Å². The summed E-state index contributed by atoms with van der Waals surface area (Å²) in [6.07, 6.45) is 13.8. The van der Waals surface area contributed by atoms with E-state index in [0.717, 1.165) is 11.4 Å². The first-order chi connectivity index (χ1) is 7.83. The lowest BCUT2D eigenvalue weighted by Crippen LogP contribution is -2.32. The van der Waals surface area contributed by atoms with E-state index in [1.54, 1.807) is 0 Å². The first-order valence-corrected chi connectivity index (χ1v) is 6.95. The zero-order valence-electron chi connectivity index (χ0n) is 10.4. The average molecular weight is 238 g/mol. The number of hydrogen-bond acceptors (Lipinski definition) is 1. The van der Waals surface area contributed by atoms with E-state index in [0.29, 0.717) is 0 Å². The fraction of sp³-hybridized carbons (Fsp3) is 0.643. The molecule has 1 nitrogen and oxygen atoms in total. The van der Waals surface area contributed by atoms with Crippen LogP contribution in [0, 0.1) is 0 Å². The molecule has 0 aliphatic rings. The maximum absolute atomic E-state index is 4.28. The Bertz CT molecular complexity index is 269. The van der Waals surface area contributed by atoms with Gasteiger partial charge in [-0.25, -0.2) is 4.57 Å². The SMILES string of the molecule is CCCCCCCCC[n+]1ccc(S)cc1. The van der Waals surface area contributed by atoms with Crippen molar-refractivity contribution < 1.29 is 4.57 Å². The van der Waals surface area contributed by atoms with Crippen LogP contribution in [0.3, 0.4) is 0 Å². The standard InChI is InChI=1S/C14H23NS/c1-2-3-4-5-6-7-8-11-15-12-9-14(16)10-13-15/h9-10,12-13H,2-8,11H2,1H3/p+1. The van der Waals surface area contributed by atoms with Gasteiger partial charge >= 0.3 is 0 Å². The molecular weight excluding hydrogens is 214 g/mol. The summed E-state index contributed by atoms with van der Waals surface area (Å²) in [5, 5.41) is 0. The second kappa shape index (κ2) is 8.63. The molecule has 0 amide bonds. The monoisotopic (exact) mass is 238 g/mol. The summed E-state index contributed by atoms with van der Waals surface area (Å²) < 4.78 is 2.24. The van der Waals surface area contributed by atoms with Crippen molar-refractivity contribution in [1.29, 1.82) is 0 Å². The van der Waals surface area contributed by atoms with Crippen LogP contribution in [0.25, 0.3) is 0 Å². The van der Waals surface area contributed by atoms with Crippen LogP contribution < -0.4 is 4.57 Å². The van der Waals surface area contributed by atoms with Gasteiger partial charge in [0.05, 0.1) is 0 Å². The van der Waals surface area contributed by atoms with E-state index in [-0.39, 0.29) is 0 Å². The molecule has 1 aromatic rings. The molecule has 1 heterocycles. The molecule has 0 aliphatic heterocycles. The zero-order valence-corrected chi connectivity index (χ0v) is 11.3. The molecule has 0 N–H and O–H groups in total. The minimum atomic E-state index is 1.04. The van der Waals surface area contributed by atoms with Crippen molar-refractivity contribution in [3.8, 4) is 0 Å². The molecular formula is C14H24NS+. The summed E-state index contributed by atoms with van der Waals surface area (Å²) in [5.41, 5.74) is 0. The first-order valence-electron chi connectivity index (χ1n) is 6.51. The Balaban J connectivity index is 2.01. The minimum Gasteiger partial charge on any atom is -0.205 e. The summed E-state index contributed by atoms with van der Waals surface area (Å²) >= 11 is 4.28. The fourth-order valence-corrected chi connectivity index (χ4v) is 1.98. The van der Waals surface area contributed by atoms with Gasteiger partial charge < -0.3 is 0 Å².